The van der Waals surface area contributed by atoms with Crippen LogP contribution >= 0.6 is 0 Å². The van der Waals surface area contributed by atoms with Crippen LogP contribution in [-0.2, 0) is 14.3 Å². The summed E-state index contributed by atoms with van der Waals surface area (Å²) < 4.78 is 6.15. The third-order valence-corrected chi connectivity index (χ3v) is 9.78. The number of esters is 1. The maximum absolute atomic E-state index is 12.7. The van der Waals surface area contributed by atoms with E-state index in [1.165, 1.54) is 50.5 Å². The smallest absolute Gasteiger partial charge is 0.306 e. The summed E-state index contributed by atoms with van der Waals surface area (Å²) in [5, 5.41) is 0. The van der Waals surface area contributed by atoms with Gasteiger partial charge in [-0.1, -0.05) is 57.3 Å². The standard InChI is InChI=1S/C30H44O3/c1-4-5-6-7-8-9-10-11-12-28(32)33-27-16-15-25-24-14-13-22-21-23(31)17-19-29(22,2)26(24)18-20-30(25,27)3/h4,17,19,21,24-27H,1,5-16,18,20H2,2-3H3/t24-,25-,26-,27-,29+,30-/m1/s1. The molecule has 3 nitrogen and oxygen atoms in total. The fourth-order valence-electron chi connectivity index (χ4n) is 7.83. The highest BCUT2D eigenvalue weighted by Crippen LogP contribution is 2.64. The van der Waals surface area contributed by atoms with Crippen molar-refractivity contribution in [3.05, 3.63) is 36.5 Å². The number of carbonyl (C=O) groups is 2. The molecule has 4 rings (SSSR count). The summed E-state index contributed by atoms with van der Waals surface area (Å²) in [5.41, 5.74) is 1.51. The highest BCUT2D eigenvalue weighted by Gasteiger charge is 2.59. The molecule has 3 saturated carbocycles. The van der Waals surface area contributed by atoms with Crippen LogP contribution in [0.3, 0.4) is 0 Å². The molecule has 3 heteroatoms. The Morgan fingerprint density at radius 3 is 2.61 bits per heavy atom. The molecule has 4 aliphatic carbocycles. The normalized spacial score (nSPS) is 37.0. The number of ketones is 1. The monoisotopic (exact) mass is 452 g/mol. The summed E-state index contributed by atoms with van der Waals surface area (Å²) in [7, 11) is 0. The first-order chi connectivity index (χ1) is 15.9. The quantitative estimate of drug-likeness (QED) is 0.196. The molecule has 33 heavy (non-hydrogen) atoms. The van der Waals surface area contributed by atoms with Gasteiger partial charge in [0.15, 0.2) is 5.78 Å². The number of fused-ring (bicyclic) bond motifs is 5. The molecule has 0 heterocycles. The highest BCUT2D eigenvalue weighted by molar-refractivity contribution is 6.01. The Morgan fingerprint density at radius 2 is 1.82 bits per heavy atom. The van der Waals surface area contributed by atoms with Crippen molar-refractivity contribution in [3.8, 4) is 0 Å². The molecule has 0 unspecified atom stereocenters. The van der Waals surface area contributed by atoms with Gasteiger partial charge in [-0.15, -0.1) is 6.58 Å². The van der Waals surface area contributed by atoms with Crippen LogP contribution in [0, 0.1) is 28.6 Å². The molecule has 0 N–H and O–H groups in total. The number of ether oxygens (including phenoxy) is 1. The van der Waals surface area contributed by atoms with Crippen molar-refractivity contribution in [2.24, 2.45) is 28.6 Å². The summed E-state index contributed by atoms with van der Waals surface area (Å²) in [4.78, 5) is 24.6. The van der Waals surface area contributed by atoms with Crippen LogP contribution in [0.25, 0.3) is 0 Å². The van der Waals surface area contributed by atoms with Gasteiger partial charge in [0.05, 0.1) is 0 Å². The third-order valence-electron chi connectivity index (χ3n) is 9.78. The van der Waals surface area contributed by atoms with Gasteiger partial charge in [0.2, 0.25) is 0 Å². The van der Waals surface area contributed by atoms with Crippen LogP contribution in [0.2, 0.25) is 0 Å². The van der Waals surface area contributed by atoms with E-state index in [2.05, 4.69) is 26.5 Å². The number of unbranched alkanes of at least 4 members (excludes halogenated alkanes) is 6. The van der Waals surface area contributed by atoms with Crippen LogP contribution in [0.5, 0.6) is 0 Å². The molecule has 0 aromatic rings. The van der Waals surface area contributed by atoms with Crippen molar-refractivity contribution in [2.75, 3.05) is 0 Å². The van der Waals surface area contributed by atoms with Crippen molar-refractivity contribution >= 4 is 11.8 Å². The maximum Gasteiger partial charge on any atom is 0.306 e. The Bertz CT molecular complexity index is 807. The van der Waals surface area contributed by atoms with Gasteiger partial charge in [-0.05, 0) is 87.7 Å². The van der Waals surface area contributed by atoms with Crippen LogP contribution < -0.4 is 0 Å². The van der Waals surface area contributed by atoms with E-state index in [0.29, 0.717) is 24.2 Å². The molecule has 6 atom stereocenters. The number of carbonyl (C=O) groups excluding carboxylic acids is 2. The Hall–Kier alpha value is -1.64. The van der Waals surface area contributed by atoms with Crippen molar-refractivity contribution in [1.29, 1.82) is 0 Å². The van der Waals surface area contributed by atoms with Crippen molar-refractivity contribution < 1.29 is 14.3 Å². The van der Waals surface area contributed by atoms with Gasteiger partial charge in [-0.25, -0.2) is 0 Å². The van der Waals surface area contributed by atoms with Crippen molar-refractivity contribution in [2.45, 2.75) is 110 Å². The van der Waals surface area contributed by atoms with Crippen LogP contribution in [0.1, 0.15) is 104 Å². The fraction of sp³-hybridized carbons (Fsp3) is 0.733. The van der Waals surface area contributed by atoms with Gasteiger partial charge in [-0.3, -0.25) is 9.59 Å². The van der Waals surface area contributed by atoms with Gasteiger partial charge in [0.1, 0.15) is 6.10 Å². The lowest BCUT2D eigenvalue weighted by Gasteiger charge is -2.56. The second-order valence-electron chi connectivity index (χ2n) is 11.7. The van der Waals surface area contributed by atoms with Gasteiger partial charge in [0, 0.05) is 17.3 Å². The van der Waals surface area contributed by atoms with E-state index in [-0.39, 0.29) is 28.7 Å². The molecule has 0 radical (unpaired) electrons. The van der Waals surface area contributed by atoms with E-state index < -0.39 is 0 Å². The van der Waals surface area contributed by atoms with Gasteiger partial charge >= 0.3 is 5.97 Å². The second kappa shape index (κ2) is 10.3. The molecule has 4 aliphatic rings. The largest absolute Gasteiger partial charge is 0.462 e. The minimum atomic E-state index is 0.0187. The molecule has 0 amide bonds. The van der Waals surface area contributed by atoms with E-state index in [1.807, 2.05) is 12.2 Å². The molecule has 0 saturated heterocycles. The molecule has 0 aromatic heterocycles. The fourth-order valence-corrected chi connectivity index (χ4v) is 7.83. The summed E-state index contributed by atoms with van der Waals surface area (Å²) in [5.74, 6) is 2.09. The van der Waals surface area contributed by atoms with E-state index in [1.54, 1.807) is 6.08 Å². The topological polar surface area (TPSA) is 43.4 Å². The molecule has 0 aromatic carbocycles. The summed E-state index contributed by atoms with van der Waals surface area (Å²) >= 11 is 0. The Kier molecular flexibility index (Phi) is 7.66. The lowest BCUT2D eigenvalue weighted by molar-refractivity contribution is -0.159. The number of allylic oxidation sites excluding steroid dienone is 5. The molecular formula is C30H44O3. The van der Waals surface area contributed by atoms with Crippen molar-refractivity contribution in [3.63, 3.8) is 0 Å². The van der Waals surface area contributed by atoms with E-state index >= 15 is 0 Å². The van der Waals surface area contributed by atoms with Crippen LogP contribution in [-0.4, -0.2) is 17.9 Å². The predicted octanol–water partition coefficient (Wildman–Crippen LogP) is 7.51. The predicted molar refractivity (Wildman–Crippen MR) is 134 cm³/mol. The van der Waals surface area contributed by atoms with Crippen molar-refractivity contribution in [1.82, 2.24) is 0 Å². The van der Waals surface area contributed by atoms with Gasteiger partial charge in [-0.2, -0.15) is 0 Å². The first-order valence-electron chi connectivity index (χ1n) is 13.6. The average molecular weight is 453 g/mol. The maximum atomic E-state index is 12.7. The molecular weight excluding hydrogens is 408 g/mol. The van der Waals surface area contributed by atoms with E-state index in [0.717, 1.165) is 38.5 Å². The molecule has 0 aliphatic heterocycles. The van der Waals surface area contributed by atoms with Crippen LogP contribution in [0.15, 0.2) is 36.5 Å². The Labute approximate surface area is 201 Å². The lowest BCUT2D eigenvalue weighted by Crippen LogP contribution is -2.51. The lowest BCUT2D eigenvalue weighted by atomic mass is 9.48. The zero-order valence-corrected chi connectivity index (χ0v) is 21.0. The first kappa shape index (κ1) is 24.5. The van der Waals surface area contributed by atoms with E-state index in [9.17, 15) is 9.59 Å². The number of hydrogen-bond acceptors (Lipinski definition) is 3. The number of rotatable bonds is 10. The summed E-state index contributed by atoms with van der Waals surface area (Å²) in [6.07, 6.45) is 23.4. The van der Waals surface area contributed by atoms with E-state index in [4.69, 9.17) is 4.74 Å². The van der Waals surface area contributed by atoms with Gasteiger partial charge < -0.3 is 4.74 Å². The SMILES string of the molecule is C=CCCCCCCCCC(=O)O[C@@H]1CC[C@@H]2[C@H]3CCC4=CC(=O)C=C[C@]4(C)[C@@H]3CC[C@]21C. The Balaban J connectivity index is 1.28. The zero-order valence-electron chi connectivity index (χ0n) is 21.0. The highest BCUT2D eigenvalue weighted by atomic mass is 16.5. The molecule has 0 bridgehead atoms. The molecule has 3 fully saturated rings. The minimum absolute atomic E-state index is 0.0187. The Morgan fingerprint density at radius 1 is 1.06 bits per heavy atom. The first-order valence-corrected chi connectivity index (χ1v) is 13.6. The third kappa shape index (κ3) is 4.93. The van der Waals surface area contributed by atoms with Crippen LogP contribution in [0.4, 0.5) is 0 Å². The number of hydrogen-bond donors (Lipinski definition) is 0. The second-order valence-corrected chi connectivity index (χ2v) is 11.7. The average Bonchev–Trinajstić information content (AvgIpc) is 3.12. The minimum Gasteiger partial charge on any atom is -0.462 e. The molecule has 0 spiro atoms. The zero-order chi connectivity index (χ0) is 23.5. The summed E-state index contributed by atoms with van der Waals surface area (Å²) in [6.45, 7) is 8.53. The molecule has 182 valence electrons. The van der Waals surface area contributed by atoms with Gasteiger partial charge in [0.25, 0.3) is 0 Å². The summed E-state index contributed by atoms with van der Waals surface area (Å²) in [6, 6.07) is 0.